The van der Waals surface area contributed by atoms with Gasteiger partial charge in [0.05, 0.1) is 5.56 Å². The van der Waals surface area contributed by atoms with Crippen molar-refractivity contribution < 1.29 is 9.59 Å². The molecule has 1 aliphatic heterocycles. The maximum Gasteiger partial charge on any atom is 0.254 e. The Morgan fingerprint density at radius 1 is 1.35 bits per heavy atom. The number of nitrogens with one attached hydrogen (secondary N) is 1. The second-order valence-corrected chi connectivity index (χ2v) is 6.88. The lowest BCUT2D eigenvalue weighted by atomic mass is 9.95. The van der Waals surface area contributed by atoms with Crippen LogP contribution in [0.25, 0.3) is 0 Å². The molecule has 1 saturated heterocycles. The summed E-state index contributed by atoms with van der Waals surface area (Å²) in [4.78, 5) is 25.9. The van der Waals surface area contributed by atoms with E-state index >= 15 is 0 Å². The number of hydrogen-bond acceptors (Lipinski definition) is 2. The number of amides is 2. The molecular formula is C14H16BrIN2O2. The highest BCUT2D eigenvalue weighted by Crippen LogP contribution is 2.23. The highest BCUT2D eigenvalue weighted by molar-refractivity contribution is 14.1. The van der Waals surface area contributed by atoms with E-state index in [1.54, 1.807) is 7.05 Å². The zero-order chi connectivity index (χ0) is 14.7. The molecule has 6 heteroatoms. The molecule has 1 aromatic carbocycles. The zero-order valence-corrected chi connectivity index (χ0v) is 14.9. The molecular weight excluding hydrogens is 435 g/mol. The Labute approximate surface area is 140 Å². The molecule has 0 atom stereocenters. The van der Waals surface area contributed by atoms with Crippen LogP contribution in [0, 0.1) is 9.49 Å². The molecule has 20 heavy (non-hydrogen) atoms. The average Bonchev–Trinajstić information content (AvgIpc) is 2.48. The first-order valence-corrected chi connectivity index (χ1v) is 8.36. The second-order valence-electron chi connectivity index (χ2n) is 4.80. The van der Waals surface area contributed by atoms with Crippen LogP contribution in [0.2, 0.25) is 0 Å². The summed E-state index contributed by atoms with van der Waals surface area (Å²) in [6.45, 7) is 1.28. The van der Waals surface area contributed by atoms with Crippen molar-refractivity contribution in [1.29, 1.82) is 0 Å². The summed E-state index contributed by atoms with van der Waals surface area (Å²) in [6, 6.07) is 5.71. The first-order valence-electron chi connectivity index (χ1n) is 6.49. The van der Waals surface area contributed by atoms with Crippen molar-refractivity contribution in [1.82, 2.24) is 10.2 Å². The number of carbonyl (C=O) groups is 2. The van der Waals surface area contributed by atoms with E-state index in [1.165, 1.54) is 0 Å². The zero-order valence-electron chi connectivity index (χ0n) is 11.2. The van der Waals surface area contributed by atoms with Crippen molar-refractivity contribution in [3.05, 3.63) is 31.8 Å². The Kier molecular flexibility index (Phi) is 5.42. The van der Waals surface area contributed by atoms with Gasteiger partial charge < -0.3 is 10.2 Å². The van der Waals surface area contributed by atoms with Gasteiger partial charge >= 0.3 is 0 Å². The number of nitrogens with zero attached hydrogens (tertiary/aromatic N) is 1. The van der Waals surface area contributed by atoms with E-state index in [0.29, 0.717) is 13.1 Å². The Morgan fingerprint density at radius 2 is 2.00 bits per heavy atom. The number of likely N-dealkylation sites (tertiary alicyclic amines) is 1. The van der Waals surface area contributed by atoms with Crippen molar-refractivity contribution in [3.8, 4) is 0 Å². The molecule has 1 heterocycles. The molecule has 1 aromatic rings. The first kappa shape index (κ1) is 15.8. The van der Waals surface area contributed by atoms with Gasteiger partial charge in [0.25, 0.3) is 5.91 Å². The van der Waals surface area contributed by atoms with Gasteiger partial charge in [-0.3, -0.25) is 9.59 Å². The molecule has 0 bridgehead atoms. The Hall–Kier alpha value is -0.630. The number of hydrogen-bond donors (Lipinski definition) is 1. The third kappa shape index (κ3) is 3.52. The highest BCUT2D eigenvalue weighted by Gasteiger charge is 2.27. The summed E-state index contributed by atoms with van der Waals surface area (Å²) in [7, 11) is 1.66. The molecule has 0 radical (unpaired) electrons. The van der Waals surface area contributed by atoms with Crippen LogP contribution in [0.1, 0.15) is 23.2 Å². The van der Waals surface area contributed by atoms with E-state index in [0.717, 1.165) is 26.4 Å². The normalized spacial score (nSPS) is 16.1. The molecule has 0 unspecified atom stereocenters. The van der Waals surface area contributed by atoms with Crippen LogP contribution in [-0.4, -0.2) is 36.9 Å². The molecule has 108 valence electrons. The monoisotopic (exact) mass is 450 g/mol. The lowest BCUT2D eigenvalue weighted by molar-refractivity contribution is -0.125. The Balaban J connectivity index is 2.05. The Bertz CT molecular complexity index is 528. The van der Waals surface area contributed by atoms with Crippen molar-refractivity contribution >= 4 is 50.3 Å². The van der Waals surface area contributed by atoms with Gasteiger partial charge in [-0.25, -0.2) is 0 Å². The smallest absolute Gasteiger partial charge is 0.254 e. The highest BCUT2D eigenvalue weighted by atomic mass is 127. The molecule has 0 saturated carbocycles. The van der Waals surface area contributed by atoms with Gasteiger partial charge in [0.1, 0.15) is 0 Å². The molecule has 2 amide bonds. The van der Waals surface area contributed by atoms with Gasteiger partial charge in [-0.15, -0.1) is 0 Å². The standard InChI is InChI=1S/C14H16BrIN2O2/c1-17-13(19)9-4-6-18(7-5-9)14(20)11-8-10(15)2-3-12(11)16/h2-3,8-9H,4-7H2,1H3,(H,17,19). The summed E-state index contributed by atoms with van der Waals surface area (Å²) in [5, 5.41) is 2.68. The number of carbonyl (C=O) groups excluding carboxylic acids is 2. The van der Waals surface area contributed by atoms with Gasteiger partial charge in [-0.1, -0.05) is 15.9 Å². The first-order chi connectivity index (χ1) is 9.52. The van der Waals surface area contributed by atoms with Gasteiger partial charge in [0.2, 0.25) is 5.91 Å². The molecule has 1 aliphatic rings. The third-order valence-corrected chi connectivity index (χ3v) is 4.99. The fraction of sp³-hybridized carbons (Fsp3) is 0.429. The van der Waals surface area contributed by atoms with E-state index in [2.05, 4.69) is 43.8 Å². The predicted molar refractivity (Wildman–Crippen MR) is 89.6 cm³/mol. The number of piperidine rings is 1. The lowest BCUT2D eigenvalue weighted by Gasteiger charge is -2.31. The molecule has 2 rings (SSSR count). The van der Waals surface area contributed by atoms with Crippen molar-refractivity contribution in [2.24, 2.45) is 5.92 Å². The van der Waals surface area contributed by atoms with Gasteiger partial charge in [0, 0.05) is 34.1 Å². The molecule has 1 N–H and O–H groups in total. The quantitative estimate of drug-likeness (QED) is 0.704. The summed E-state index contributed by atoms with van der Waals surface area (Å²) >= 11 is 5.58. The molecule has 0 spiro atoms. The topological polar surface area (TPSA) is 49.4 Å². The van der Waals surface area contributed by atoms with Gasteiger partial charge in [-0.05, 0) is 53.6 Å². The van der Waals surface area contributed by atoms with Crippen molar-refractivity contribution in [2.45, 2.75) is 12.8 Å². The molecule has 1 fully saturated rings. The largest absolute Gasteiger partial charge is 0.359 e. The summed E-state index contributed by atoms with van der Waals surface area (Å²) in [6.07, 6.45) is 1.46. The van der Waals surface area contributed by atoms with Crippen LogP contribution >= 0.6 is 38.5 Å². The Morgan fingerprint density at radius 3 is 2.60 bits per heavy atom. The van der Waals surface area contributed by atoms with Crippen molar-refractivity contribution in [2.75, 3.05) is 20.1 Å². The summed E-state index contributed by atoms with van der Waals surface area (Å²) < 4.78 is 1.85. The lowest BCUT2D eigenvalue weighted by Crippen LogP contribution is -2.42. The minimum absolute atomic E-state index is 0.0330. The van der Waals surface area contributed by atoms with E-state index in [-0.39, 0.29) is 17.7 Å². The fourth-order valence-corrected chi connectivity index (χ4v) is 3.31. The number of benzene rings is 1. The van der Waals surface area contributed by atoms with Crippen LogP contribution < -0.4 is 5.32 Å². The van der Waals surface area contributed by atoms with E-state index in [9.17, 15) is 9.59 Å². The molecule has 0 aromatic heterocycles. The summed E-state index contributed by atoms with van der Waals surface area (Å²) in [5.41, 5.74) is 0.721. The van der Waals surface area contributed by atoms with Crippen LogP contribution in [0.5, 0.6) is 0 Å². The maximum atomic E-state index is 12.5. The van der Waals surface area contributed by atoms with Crippen LogP contribution in [-0.2, 0) is 4.79 Å². The van der Waals surface area contributed by atoms with E-state index in [1.807, 2.05) is 23.1 Å². The molecule has 4 nitrogen and oxygen atoms in total. The van der Waals surface area contributed by atoms with Crippen LogP contribution in [0.15, 0.2) is 22.7 Å². The second kappa shape index (κ2) is 6.89. The van der Waals surface area contributed by atoms with Crippen LogP contribution in [0.4, 0.5) is 0 Å². The van der Waals surface area contributed by atoms with E-state index < -0.39 is 0 Å². The fourth-order valence-electron chi connectivity index (χ4n) is 2.38. The maximum absolute atomic E-state index is 12.5. The van der Waals surface area contributed by atoms with E-state index in [4.69, 9.17) is 0 Å². The SMILES string of the molecule is CNC(=O)C1CCN(C(=O)c2cc(Br)ccc2I)CC1. The molecule has 0 aliphatic carbocycles. The minimum Gasteiger partial charge on any atom is -0.359 e. The summed E-state index contributed by atoms with van der Waals surface area (Å²) in [5.74, 6) is 0.158. The average molecular weight is 451 g/mol. The third-order valence-electron chi connectivity index (χ3n) is 3.56. The number of halogens is 2. The minimum atomic E-state index is 0.0330. The van der Waals surface area contributed by atoms with Crippen molar-refractivity contribution in [3.63, 3.8) is 0 Å². The van der Waals surface area contributed by atoms with Crippen LogP contribution in [0.3, 0.4) is 0 Å². The van der Waals surface area contributed by atoms with Gasteiger partial charge in [0.15, 0.2) is 0 Å². The van der Waals surface area contributed by atoms with Gasteiger partial charge in [-0.2, -0.15) is 0 Å². The number of rotatable bonds is 2. The predicted octanol–water partition coefficient (Wildman–Crippen LogP) is 2.65.